The maximum absolute atomic E-state index is 13.7. The van der Waals surface area contributed by atoms with Gasteiger partial charge in [0.2, 0.25) is 0 Å². The third-order valence-electron chi connectivity index (χ3n) is 3.97. The van der Waals surface area contributed by atoms with Crippen molar-refractivity contribution in [3.8, 4) is 5.75 Å². The fraction of sp³-hybridized carbons (Fsp3) is 0.150. The number of halogens is 2. The van der Waals surface area contributed by atoms with E-state index in [2.05, 4.69) is 20.6 Å². The predicted octanol–water partition coefficient (Wildman–Crippen LogP) is 3.48. The van der Waals surface area contributed by atoms with Crippen LogP contribution in [0, 0.1) is 11.6 Å². The first-order valence-electron chi connectivity index (χ1n) is 8.51. The number of methoxy groups -OCH3 is 1. The number of nitrogens with zero attached hydrogens (tertiary/aromatic N) is 2. The molecule has 2 N–H and O–H groups in total. The first-order chi connectivity index (χ1) is 13.6. The van der Waals surface area contributed by atoms with Gasteiger partial charge in [-0.3, -0.25) is 4.79 Å². The Labute approximate surface area is 160 Å². The normalized spacial score (nSPS) is 10.4. The van der Waals surface area contributed by atoms with E-state index in [1.165, 1.54) is 18.5 Å². The monoisotopic (exact) mass is 384 g/mol. The number of amides is 1. The molecule has 1 amide bonds. The van der Waals surface area contributed by atoms with E-state index in [-0.39, 0.29) is 17.2 Å². The molecule has 28 heavy (non-hydrogen) atoms. The van der Waals surface area contributed by atoms with Crippen LogP contribution < -0.4 is 15.4 Å². The van der Waals surface area contributed by atoms with Crippen molar-refractivity contribution in [1.82, 2.24) is 15.3 Å². The summed E-state index contributed by atoms with van der Waals surface area (Å²) in [6.07, 6.45) is 3.07. The number of para-hydroxylation sites is 2. The first kappa shape index (κ1) is 19.2. The molecule has 6 nitrogen and oxygen atoms in total. The molecule has 0 bridgehead atoms. The summed E-state index contributed by atoms with van der Waals surface area (Å²) in [5.41, 5.74) is 0.744. The molecule has 3 aromatic rings. The average molecular weight is 384 g/mol. The second kappa shape index (κ2) is 8.90. The zero-order valence-electron chi connectivity index (χ0n) is 15.1. The van der Waals surface area contributed by atoms with E-state index in [1.807, 2.05) is 24.3 Å². The summed E-state index contributed by atoms with van der Waals surface area (Å²) in [5, 5.41) is 5.26. The predicted molar refractivity (Wildman–Crippen MR) is 101 cm³/mol. The number of hydrogen-bond acceptors (Lipinski definition) is 5. The van der Waals surface area contributed by atoms with E-state index < -0.39 is 17.5 Å². The number of carbonyl (C=O) groups is 1. The van der Waals surface area contributed by atoms with Crippen molar-refractivity contribution in [2.75, 3.05) is 19.0 Å². The second-order valence-electron chi connectivity index (χ2n) is 5.83. The molecule has 0 saturated carbocycles. The standard InChI is InChI=1S/C20H18F2N4O2/c1-28-17-8-3-2-5-13(17)9-10-23-20(27)16-11-25-18(12-24-16)26-19-14(21)6-4-7-15(19)22/h2-8,11-12H,9-10H2,1H3,(H,23,27)(H,25,26). The van der Waals surface area contributed by atoms with E-state index in [0.29, 0.717) is 13.0 Å². The lowest BCUT2D eigenvalue weighted by atomic mass is 10.1. The number of benzene rings is 2. The molecule has 8 heteroatoms. The minimum atomic E-state index is -0.750. The van der Waals surface area contributed by atoms with Crippen molar-refractivity contribution in [3.05, 3.63) is 77.8 Å². The number of anilines is 2. The van der Waals surface area contributed by atoms with Crippen LogP contribution in [0.3, 0.4) is 0 Å². The summed E-state index contributed by atoms with van der Waals surface area (Å²) < 4.78 is 32.6. The summed E-state index contributed by atoms with van der Waals surface area (Å²) in [5.74, 6) is -1.02. The minimum Gasteiger partial charge on any atom is -0.496 e. The van der Waals surface area contributed by atoms with Crippen molar-refractivity contribution in [1.29, 1.82) is 0 Å². The quantitative estimate of drug-likeness (QED) is 0.652. The molecule has 0 aliphatic carbocycles. The molecule has 0 aliphatic heterocycles. The lowest BCUT2D eigenvalue weighted by molar-refractivity contribution is 0.0948. The summed E-state index contributed by atoms with van der Waals surface area (Å²) in [4.78, 5) is 20.2. The summed E-state index contributed by atoms with van der Waals surface area (Å²) in [6.45, 7) is 0.390. The van der Waals surface area contributed by atoms with Gasteiger partial charge >= 0.3 is 0 Å². The molecule has 144 valence electrons. The van der Waals surface area contributed by atoms with E-state index in [1.54, 1.807) is 7.11 Å². The van der Waals surface area contributed by atoms with Crippen LogP contribution in [0.1, 0.15) is 16.1 Å². The highest BCUT2D eigenvalue weighted by molar-refractivity contribution is 5.92. The molecule has 0 aliphatic rings. The number of nitrogens with one attached hydrogen (secondary N) is 2. The van der Waals surface area contributed by atoms with Crippen LogP contribution in [0.2, 0.25) is 0 Å². The van der Waals surface area contributed by atoms with Gasteiger partial charge in [0.05, 0.1) is 19.5 Å². The topological polar surface area (TPSA) is 76.1 Å². The van der Waals surface area contributed by atoms with Gasteiger partial charge in [-0.15, -0.1) is 0 Å². The smallest absolute Gasteiger partial charge is 0.271 e. The molecular weight excluding hydrogens is 366 g/mol. The van der Waals surface area contributed by atoms with Gasteiger partial charge in [-0.2, -0.15) is 0 Å². The molecule has 0 spiro atoms. The van der Waals surface area contributed by atoms with Gasteiger partial charge in [0.25, 0.3) is 5.91 Å². The minimum absolute atomic E-state index is 0.0968. The van der Waals surface area contributed by atoms with Crippen LogP contribution in [0.5, 0.6) is 5.75 Å². The molecule has 3 rings (SSSR count). The second-order valence-corrected chi connectivity index (χ2v) is 5.83. The molecule has 0 atom stereocenters. The largest absolute Gasteiger partial charge is 0.496 e. The average Bonchev–Trinajstić information content (AvgIpc) is 2.71. The Morgan fingerprint density at radius 3 is 2.46 bits per heavy atom. The van der Waals surface area contributed by atoms with E-state index in [0.717, 1.165) is 23.4 Å². The van der Waals surface area contributed by atoms with Gasteiger partial charge in [-0.1, -0.05) is 24.3 Å². The zero-order chi connectivity index (χ0) is 19.9. The van der Waals surface area contributed by atoms with Crippen molar-refractivity contribution in [2.24, 2.45) is 0 Å². The van der Waals surface area contributed by atoms with Crippen molar-refractivity contribution < 1.29 is 18.3 Å². The van der Waals surface area contributed by atoms with Crippen molar-refractivity contribution >= 4 is 17.4 Å². The molecule has 0 saturated heterocycles. The molecule has 0 unspecified atom stereocenters. The zero-order valence-corrected chi connectivity index (χ0v) is 15.1. The Balaban J connectivity index is 1.58. The lowest BCUT2D eigenvalue weighted by Crippen LogP contribution is -2.26. The van der Waals surface area contributed by atoms with E-state index in [4.69, 9.17) is 4.74 Å². The Morgan fingerprint density at radius 1 is 1.04 bits per heavy atom. The van der Waals surface area contributed by atoms with Gasteiger partial charge in [0.15, 0.2) is 0 Å². The molecule has 1 heterocycles. The van der Waals surface area contributed by atoms with E-state index >= 15 is 0 Å². The number of rotatable bonds is 7. The molecule has 0 fully saturated rings. The number of carbonyl (C=O) groups excluding carboxylic acids is 1. The van der Waals surface area contributed by atoms with Gasteiger partial charge < -0.3 is 15.4 Å². The summed E-state index contributed by atoms with van der Waals surface area (Å²) in [6, 6.07) is 11.1. The highest BCUT2D eigenvalue weighted by Crippen LogP contribution is 2.21. The van der Waals surface area contributed by atoms with Gasteiger partial charge in [0.1, 0.15) is 34.6 Å². The SMILES string of the molecule is COc1ccccc1CCNC(=O)c1cnc(Nc2c(F)cccc2F)cn1. The highest BCUT2D eigenvalue weighted by atomic mass is 19.1. The summed E-state index contributed by atoms with van der Waals surface area (Å²) >= 11 is 0. The van der Waals surface area contributed by atoms with Crippen molar-refractivity contribution in [3.63, 3.8) is 0 Å². The Hall–Kier alpha value is -3.55. The third-order valence-corrected chi connectivity index (χ3v) is 3.97. The van der Waals surface area contributed by atoms with Crippen LogP contribution in [0.15, 0.2) is 54.9 Å². The van der Waals surface area contributed by atoms with Crippen LogP contribution in [0.4, 0.5) is 20.3 Å². The van der Waals surface area contributed by atoms with Crippen molar-refractivity contribution in [2.45, 2.75) is 6.42 Å². The number of hydrogen-bond donors (Lipinski definition) is 2. The van der Waals surface area contributed by atoms with Crippen LogP contribution in [-0.2, 0) is 6.42 Å². The maximum atomic E-state index is 13.7. The highest BCUT2D eigenvalue weighted by Gasteiger charge is 2.11. The van der Waals surface area contributed by atoms with Crippen LogP contribution in [0.25, 0.3) is 0 Å². The molecular formula is C20H18F2N4O2. The van der Waals surface area contributed by atoms with Crippen LogP contribution in [-0.4, -0.2) is 29.5 Å². The van der Waals surface area contributed by atoms with Crippen LogP contribution >= 0.6 is 0 Å². The molecule has 1 aromatic heterocycles. The summed E-state index contributed by atoms with van der Waals surface area (Å²) in [7, 11) is 1.59. The lowest BCUT2D eigenvalue weighted by Gasteiger charge is -2.09. The fourth-order valence-electron chi connectivity index (χ4n) is 2.57. The Morgan fingerprint density at radius 2 is 1.79 bits per heavy atom. The van der Waals surface area contributed by atoms with E-state index in [9.17, 15) is 13.6 Å². The first-order valence-corrected chi connectivity index (χ1v) is 8.51. The molecule has 2 aromatic carbocycles. The Kier molecular flexibility index (Phi) is 6.11. The number of aromatic nitrogens is 2. The van der Waals surface area contributed by atoms with Gasteiger partial charge in [-0.05, 0) is 30.2 Å². The number of ether oxygens (including phenoxy) is 1. The third kappa shape index (κ3) is 4.59. The van der Waals surface area contributed by atoms with Gasteiger partial charge in [-0.25, -0.2) is 18.7 Å². The maximum Gasteiger partial charge on any atom is 0.271 e. The Bertz CT molecular complexity index is 944. The van der Waals surface area contributed by atoms with Gasteiger partial charge in [0, 0.05) is 6.54 Å². The fourth-order valence-corrected chi connectivity index (χ4v) is 2.57. The molecule has 0 radical (unpaired) electrons.